The first-order chi connectivity index (χ1) is 25.7. The van der Waals surface area contributed by atoms with Gasteiger partial charge in [-0.15, -0.1) is 17.0 Å². The van der Waals surface area contributed by atoms with Gasteiger partial charge in [0.25, 0.3) is 0 Å². The van der Waals surface area contributed by atoms with Crippen molar-refractivity contribution in [3.8, 4) is 0 Å². The first kappa shape index (κ1) is 33.5. The van der Waals surface area contributed by atoms with E-state index in [0.717, 1.165) is 57.1 Å². The number of aromatic nitrogens is 1. The van der Waals surface area contributed by atoms with Crippen LogP contribution in [-0.2, 0) is 21.3 Å². The largest absolute Gasteiger partial charge is 2.00 e. The van der Waals surface area contributed by atoms with Crippen molar-refractivity contribution in [3.05, 3.63) is 225 Å². The molecule has 5 heterocycles. The first-order valence-electron chi connectivity index (χ1n) is 17.0. The van der Waals surface area contributed by atoms with Crippen LogP contribution in [0.4, 0.5) is 0 Å². The second kappa shape index (κ2) is 14.1. The normalized spacial score (nSPS) is 17.0. The fourth-order valence-electron chi connectivity index (χ4n) is 7.07. The first-order valence-corrected chi connectivity index (χ1v) is 17.0. The minimum Gasteiger partial charge on any atom is -0.877 e. The van der Waals surface area contributed by atoms with Gasteiger partial charge in [0.1, 0.15) is 0 Å². The summed E-state index contributed by atoms with van der Waals surface area (Å²) in [5.74, 6) is 0. The van der Waals surface area contributed by atoms with Gasteiger partial charge in [0, 0.05) is 16.7 Å². The number of hydrogen-bond acceptors (Lipinski definition) is 5. The van der Waals surface area contributed by atoms with Crippen LogP contribution in [0.15, 0.2) is 207 Å². The minimum absolute atomic E-state index is 0. The molecule has 5 aromatic rings. The van der Waals surface area contributed by atoms with E-state index >= 15 is 0 Å². The van der Waals surface area contributed by atoms with Crippen molar-refractivity contribution in [3.63, 3.8) is 0 Å². The van der Waals surface area contributed by atoms with Crippen LogP contribution < -0.4 is 20.8 Å². The van der Waals surface area contributed by atoms with E-state index in [1.54, 1.807) is 0 Å². The van der Waals surface area contributed by atoms with Gasteiger partial charge in [-0.3, -0.25) is 4.79 Å². The fourth-order valence-corrected chi connectivity index (χ4v) is 7.07. The maximum atomic E-state index is 12.9. The number of aliphatic imine (C=N–C) groups is 3. The van der Waals surface area contributed by atoms with Crippen molar-refractivity contribution in [1.29, 1.82) is 0 Å². The molecule has 254 valence electrons. The molecule has 0 atom stereocenters. The Bertz CT molecular complexity index is 2710. The molecule has 4 aromatic carbocycles. The zero-order valence-corrected chi connectivity index (χ0v) is 29.1. The molecule has 0 spiro atoms. The van der Waals surface area contributed by atoms with Crippen molar-refractivity contribution in [2.75, 3.05) is 0 Å². The van der Waals surface area contributed by atoms with Crippen molar-refractivity contribution < 1.29 is 26.4 Å². The number of carbonyl (C=O) groups excluding carboxylic acids is 1. The van der Waals surface area contributed by atoms with Crippen LogP contribution in [-0.4, -0.2) is 23.4 Å². The van der Waals surface area contributed by atoms with Crippen LogP contribution in [0, 0.1) is 0 Å². The maximum Gasteiger partial charge on any atom is 2.00 e. The summed E-state index contributed by atoms with van der Waals surface area (Å²) in [4.78, 5) is 33.8. The summed E-state index contributed by atoms with van der Waals surface area (Å²) in [5.41, 5.74) is 11.1. The molecule has 7 heteroatoms. The molecule has 0 fully saturated rings. The van der Waals surface area contributed by atoms with E-state index in [1.807, 2.05) is 158 Å². The van der Waals surface area contributed by atoms with E-state index < -0.39 is 0 Å². The van der Waals surface area contributed by atoms with E-state index in [0.29, 0.717) is 56.1 Å². The molecular formula is C46H28N4NiO2. The molecule has 9 rings (SSSR count). The molecule has 1 aromatic heterocycles. The Kier molecular flexibility index (Phi) is 8.93. The summed E-state index contributed by atoms with van der Waals surface area (Å²) >= 11 is 0. The van der Waals surface area contributed by atoms with Crippen LogP contribution >= 0.6 is 0 Å². The average Bonchev–Trinajstić information content (AvgIpc) is 4.03. The van der Waals surface area contributed by atoms with Gasteiger partial charge in [-0.2, -0.15) is 0 Å². The molecule has 6 nitrogen and oxygen atoms in total. The molecule has 0 saturated heterocycles. The number of aldehydes is 1. The topological polar surface area (TPSA) is 91.3 Å². The van der Waals surface area contributed by atoms with Gasteiger partial charge in [0.15, 0.2) is 6.29 Å². The molecule has 0 unspecified atom stereocenters. The van der Waals surface area contributed by atoms with Crippen LogP contribution in [0.3, 0.4) is 0 Å². The number of rotatable bonds is 5. The van der Waals surface area contributed by atoms with Crippen LogP contribution in [0.5, 0.6) is 0 Å². The Morgan fingerprint density at radius 1 is 0.509 bits per heavy atom. The molecule has 0 saturated carbocycles. The molecule has 0 amide bonds. The van der Waals surface area contributed by atoms with Gasteiger partial charge in [-0.05, 0) is 63.3 Å². The summed E-state index contributed by atoms with van der Waals surface area (Å²) in [5, 5.41) is 14.2. The molecule has 4 aliphatic heterocycles. The predicted octanol–water partition coefficient (Wildman–Crippen LogP) is 6.05. The molecular weight excluding hydrogens is 699 g/mol. The maximum absolute atomic E-state index is 12.9. The van der Waals surface area contributed by atoms with Gasteiger partial charge in [-0.1, -0.05) is 133 Å². The average molecular weight is 727 g/mol. The second-order valence-corrected chi connectivity index (χ2v) is 12.5. The molecule has 0 N–H and O–H groups in total. The van der Waals surface area contributed by atoms with Crippen molar-refractivity contribution in [2.24, 2.45) is 15.0 Å². The van der Waals surface area contributed by atoms with Crippen molar-refractivity contribution >= 4 is 45.7 Å². The number of benzene rings is 4. The van der Waals surface area contributed by atoms with Crippen molar-refractivity contribution in [1.82, 2.24) is 4.98 Å². The van der Waals surface area contributed by atoms with Crippen LogP contribution in [0.2, 0.25) is 0 Å². The van der Waals surface area contributed by atoms with Gasteiger partial charge >= 0.3 is 16.5 Å². The third kappa shape index (κ3) is 5.97. The van der Waals surface area contributed by atoms with Gasteiger partial charge < -0.3 is 10.1 Å². The van der Waals surface area contributed by atoms with E-state index in [1.165, 1.54) is 0 Å². The van der Waals surface area contributed by atoms with Gasteiger partial charge in [-0.25, -0.2) is 15.0 Å². The molecule has 53 heavy (non-hydrogen) atoms. The Hall–Kier alpha value is -6.69. The number of hydrogen-bond donors (Lipinski definition) is 0. The zero-order valence-electron chi connectivity index (χ0n) is 28.1. The van der Waals surface area contributed by atoms with E-state index in [9.17, 15) is 9.90 Å². The minimum atomic E-state index is 0. The summed E-state index contributed by atoms with van der Waals surface area (Å²) < 4.78 is 0. The van der Waals surface area contributed by atoms with Gasteiger partial charge in [0.2, 0.25) is 0 Å². The zero-order chi connectivity index (χ0) is 35.0. The molecule has 0 radical (unpaired) electrons. The quantitative estimate of drug-likeness (QED) is 0.126. The number of fused-ring (bicyclic) bond motifs is 5. The Balaban J connectivity index is 0.00000400. The van der Waals surface area contributed by atoms with Gasteiger partial charge in [0.05, 0.1) is 34.2 Å². The summed E-state index contributed by atoms with van der Waals surface area (Å²) in [6.07, 6.45) is 9.35. The predicted molar refractivity (Wildman–Crippen MR) is 205 cm³/mol. The molecule has 4 aliphatic rings. The number of carbonyl (C=O) groups is 1. The summed E-state index contributed by atoms with van der Waals surface area (Å²) in [6, 6.07) is 43.5. The smallest absolute Gasteiger partial charge is 0.877 e. The fraction of sp³-hybridized carbons (Fsp3) is 0. The molecule has 8 bridgehead atoms. The third-order valence-electron chi connectivity index (χ3n) is 9.39. The van der Waals surface area contributed by atoms with E-state index in [2.05, 4.69) is 0 Å². The Morgan fingerprint density at radius 2 is 1.02 bits per heavy atom. The number of allylic oxidation sites excluding steroid dienone is 8. The Morgan fingerprint density at radius 3 is 1.55 bits per heavy atom. The van der Waals surface area contributed by atoms with E-state index in [-0.39, 0.29) is 16.5 Å². The van der Waals surface area contributed by atoms with Crippen LogP contribution in [0.25, 0.3) is 22.3 Å². The van der Waals surface area contributed by atoms with E-state index in [4.69, 9.17) is 20.0 Å². The summed E-state index contributed by atoms with van der Waals surface area (Å²) in [6.45, 7) is 0. The number of nitrogens with zero attached hydrogens (tertiary/aromatic N) is 4. The SMILES string of the molecule is O=CC1=CC2=C(c3ccccc3)C3=NC(=C(c4ccccc4)C4=CC(=C[O-])C(=N4)C(c4ccccc4)=c4ccc([n-]4)=C(c4ccccc4)C1=N2)C=C3.[Ni+2]. The third-order valence-corrected chi connectivity index (χ3v) is 9.39. The summed E-state index contributed by atoms with van der Waals surface area (Å²) in [7, 11) is 0. The van der Waals surface area contributed by atoms with Crippen molar-refractivity contribution in [2.45, 2.75) is 0 Å². The van der Waals surface area contributed by atoms with Crippen LogP contribution in [0.1, 0.15) is 22.3 Å². The Labute approximate surface area is 316 Å². The second-order valence-electron chi connectivity index (χ2n) is 12.5. The monoisotopic (exact) mass is 726 g/mol. The standard InChI is InChI=1S/C46H30N4O2.Ni/c51-27-33-25-39-41(29-13-5-1-6-14-29)35-21-22-36(47-35)42(30-15-7-2-8-16-30)40-26-34(28-52)46(50-40)44(32-19-11-4-12-20-32)38-24-23-37(48-38)43(45(33)49-39)31-17-9-3-10-18-31;/h1-28H,(H2,47,48,49,50,51,52);/q;+2/p-2. The molecule has 0 aliphatic carbocycles.